The van der Waals surface area contributed by atoms with Crippen LogP contribution in [-0.2, 0) is 4.79 Å². The van der Waals surface area contributed by atoms with Gasteiger partial charge < -0.3 is 5.32 Å². The van der Waals surface area contributed by atoms with E-state index in [4.69, 9.17) is 0 Å². The first-order valence-electron chi connectivity index (χ1n) is 8.14. The lowest BCUT2D eigenvalue weighted by atomic mass is 10.1. The van der Waals surface area contributed by atoms with Gasteiger partial charge >= 0.3 is 0 Å². The zero-order valence-electron chi connectivity index (χ0n) is 14.6. The molecule has 0 aliphatic heterocycles. The normalized spacial score (nSPS) is 10.7. The number of benzene rings is 2. The summed E-state index contributed by atoms with van der Waals surface area (Å²) >= 11 is 1.43. The van der Waals surface area contributed by atoms with Gasteiger partial charge in [0.2, 0.25) is 5.91 Å². The minimum Gasteiger partial charge on any atom is -0.325 e. The van der Waals surface area contributed by atoms with Gasteiger partial charge in [0.1, 0.15) is 0 Å². The van der Waals surface area contributed by atoms with E-state index in [1.165, 1.54) is 22.9 Å². The first-order valence-corrected chi connectivity index (χ1v) is 9.12. The Labute approximate surface area is 152 Å². The molecule has 1 amide bonds. The molecule has 0 fully saturated rings. The molecule has 25 heavy (non-hydrogen) atoms. The molecule has 0 unspecified atom stereocenters. The quantitative estimate of drug-likeness (QED) is 0.687. The number of thioether (sulfide) groups is 1. The summed E-state index contributed by atoms with van der Waals surface area (Å²) in [5.41, 5.74) is 5.36. The van der Waals surface area contributed by atoms with Gasteiger partial charge in [0.05, 0.1) is 11.4 Å². The third-order valence-electron chi connectivity index (χ3n) is 3.97. The van der Waals surface area contributed by atoms with Crippen LogP contribution < -0.4 is 5.32 Å². The standard InChI is InChI=1S/C20H21N3OS/c1-14-8-9-17(16(3)12-14)22-19(24)13-25-20-21-10-11-23(20)18-7-5-4-6-15(18)2/h4-12H,13H2,1-3H3,(H,22,24). The lowest BCUT2D eigenvalue weighted by Gasteiger charge is -2.11. The van der Waals surface area contributed by atoms with Crippen LogP contribution in [0.25, 0.3) is 5.69 Å². The Balaban J connectivity index is 1.67. The zero-order valence-corrected chi connectivity index (χ0v) is 15.4. The number of nitrogens with zero attached hydrogens (tertiary/aromatic N) is 2. The van der Waals surface area contributed by atoms with Gasteiger partial charge in [0.25, 0.3) is 0 Å². The number of nitrogens with one attached hydrogen (secondary N) is 1. The van der Waals surface area contributed by atoms with Crippen molar-refractivity contribution in [1.82, 2.24) is 9.55 Å². The van der Waals surface area contributed by atoms with E-state index in [9.17, 15) is 4.79 Å². The average Bonchev–Trinajstić information content (AvgIpc) is 3.04. The summed E-state index contributed by atoms with van der Waals surface area (Å²) in [6.45, 7) is 6.11. The summed E-state index contributed by atoms with van der Waals surface area (Å²) in [6, 6.07) is 14.1. The van der Waals surface area contributed by atoms with Gasteiger partial charge in [-0.3, -0.25) is 9.36 Å². The van der Waals surface area contributed by atoms with Gasteiger partial charge in [-0.1, -0.05) is 47.7 Å². The van der Waals surface area contributed by atoms with Gasteiger partial charge in [0, 0.05) is 18.1 Å². The van der Waals surface area contributed by atoms with Gasteiger partial charge in [-0.25, -0.2) is 4.98 Å². The Morgan fingerprint density at radius 1 is 1.12 bits per heavy atom. The number of hydrogen-bond donors (Lipinski definition) is 1. The second-order valence-electron chi connectivity index (χ2n) is 6.02. The van der Waals surface area contributed by atoms with Gasteiger partial charge in [-0.2, -0.15) is 0 Å². The first-order chi connectivity index (χ1) is 12.0. The Bertz CT molecular complexity index is 901. The van der Waals surface area contributed by atoms with E-state index in [2.05, 4.69) is 35.4 Å². The number of para-hydroxylation sites is 1. The molecule has 1 N–H and O–H groups in total. The number of amides is 1. The van der Waals surface area contributed by atoms with Crippen LogP contribution in [0.3, 0.4) is 0 Å². The molecule has 3 rings (SSSR count). The fourth-order valence-electron chi connectivity index (χ4n) is 2.68. The number of anilines is 1. The van der Waals surface area contributed by atoms with Crippen molar-refractivity contribution < 1.29 is 4.79 Å². The van der Waals surface area contributed by atoms with Crippen molar-refractivity contribution in [2.24, 2.45) is 0 Å². The second kappa shape index (κ2) is 7.57. The van der Waals surface area contributed by atoms with E-state index in [1.54, 1.807) is 6.20 Å². The molecule has 0 aliphatic rings. The summed E-state index contributed by atoms with van der Waals surface area (Å²) in [6.07, 6.45) is 3.68. The number of aryl methyl sites for hydroxylation is 3. The maximum Gasteiger partial charge on any atom is 0.234 e. The predicted molar refractivity (Wildman–Crippen MR) is 104 cm³/mol. The highest BCUT2D eigenvalue weighted by atomic mass is 32.2. The fourth-order valence-corrected chi connectivity index (χ4v) is 3.45. The molecular weight excluding hydrogens is 330 g/mol. The molecule has 3 aromatic rings. The van der Waals surface area contributed by atoms with Crippen LogP contribution in [0.2, 0.25) is 0 Å². The number of carbonyl (C=O) groups excluding carboxylic acids is 1. The minimum atomic E-state index is -0.0312. The van der Waals surface area contributed by atoms with Crippen molar-refractivity contribution in [2.45, 2.75) is 25.9 Å². The van der Waals surface area contributed by atoms with Crippen LogP contribution in [0.15, 0.2) is 60.0 Å². The topological polar surface area (TPSA) is 46.9 Å². The Morgan fingerprint density at radius 2 is 1.92 bits per heavy atom. The SMILES string of the molecule is Cc1ccc(NC(=O)CSc2nccn2-c2ccccc2C)c(C)c1. The molecule has 0 spiro atoms. The smallest absolute Gasteiger partial charge is 0.234 e. The molecule has 1 heterocycles. The zero-order chi connectivity index (χ0) is 17.8. The van der Waals surface area contributed by atoms with Crippen molar-refractivity contribution in [3.63, 3.8) is 0 Å². The molecule has 128 valence electrons. The summed E-state index contributed by atoms with van der Waals surface area (Å²) in [7, 11) is 0. The molecule has 0 bridgehead atoms. The summed E-state index contributed by atoms with van der Waals surface area (Å²) in [5.74, 6) is 0.284. The Hall–Kier alpha value is -2.53. The van der Waals surface area contributed by atoms with Crippen molar-refractivity contribution >= 4 is 23.4 Å². The summed E-state index contributed by atoms with van der Waals surface area (Å²) < 4.78 is 2.02. The van der Waals surface area contributed by atoms with Crippen LogP contribution in [0.4, 0.5) is 5.69 Å². The van der Waals surface area contributed by atoms with Gasteiger partial charge in [-0.15, -0.1) is 0 Å². The third-order valence-corrected chi connectivity index (χ3v) is 4.94. The van der Waals surface area contributed by atoms with Crippen molar-refractivity contribution in [2.75, 3.05) is 11.1 Å². The molecule has 0 atom stereocenters. The first kappa shape index (κ1) is 17.3. The highest BCUT2D eigenvalue weighted by Crippen LogP contribution is 2.23. The van der Waals surface area contributed by atoms with E-state index in [0.29, 0.717) is 5.75 Å². The maximum atomic E-state index is 12.3. The lowest BCUT2D eigenvalue weighted by molar-refractivity contribution is -0.113. The number of rotatable bonds is 5. The van der Waals surface area contributed by atoms with Crippen LogP contribution in [0.1, 0.15) is 16.7 Å². The van der Waals surface area contributed by atoms with E-state index >= 15 is 0 Å². The predicted octanol–water partition coefficient (Wildman–Crippen LogP) is 4.53. The Morgan fingerprint density at radius 3 is 2.68 bits per heavy atom. The van der Waals surface area contributed by atoms with Crippen LogP contribution in [0.5, 0.6) is 0 Å². The fraction of sp³-hybridized carbons (Fsp3) is 0.200. The minimum absolute atomic E-state index is 0.0312. The highest BCUT2D eigenvalue weighted by molar-refractivity contribution is 7.99. The molecule has 0 saturated heterocycles. The van der Waals surface area contributed by atoms with Crippen LogP contribution in [-0.4, -0.2) is 21.2 Å². The lowest BCUT2D eigenvalue weighted by Crippen LogP contribution is -2.15. The molecule has 0 aliphatic carbocycles. The van der Waals surface area contributed by atoms with Crippen molar-refractivity contribution in [3.05, 3.63) is 71.5 Å². The largest absolute Gasteiger partial charge is 0.325 e. The van der Waals surface area contributed by atoms with Crippen LogP contribution >= 0.6 is 11.8 Å². The molecule has 5 heteroatoms. The van der Waals surface area contributed by atoms with E-state index in [-0.39, 0.29) is 5.91 Å². The van der Waals surface area contributed by atoms with Crippen molar-refractivity contribution in [1.29, 1.82) is 0 Å². The average molecular weight is 351 g/mol. The van der Waals surface area contributed by atoms with Gasteiger partial charge in [0.15, 0.2) is 5.16 Å². The Kier molecular flexibility index (Phi) is 5.24. The highest BCUT2D eigenvalue weighted by Gasteiger charge is 2.11. The number of carbonyl (C=O) groups is 1. The number of aromatic nitrogens is 2. The van der Waals surface area contributed by atoms with E-state index in [1.807, 2.05) is 48.9 Å². The van der Waals surface area contributed by atoms with E-state index < -0.39 is 0 Å². The molecule has 4 nitrogen and oxygen atoms in total. The number of hydrogen-bond acceptors (Lipinski definition) is 3. The molecule has 0 radical (unpaired) electrons. The summed E-state index contributed by atoms with van der Waals surface area (Å²) in [4.78, 5) is 16.7. The number of imidazole rings is 1. The van der Waals surface area contributed by atoms with Gasteiger partial charge in [-0.05, 0) is 44.0 Å². The molecule has 2 aromatic carbocycles. The molecular formula is C20H21N3OS. The summed E-state index contributed by atoms with van der Waals surface area (Å²) in [5, 5.41) is 3.78. The maximum absolute atomic E-state index is 12.3. The second-order valence-corrected chi connectivity index (χ2v) is 6.96. The monoisotopic (exact) mass is 351 g/mol. The van der Waals surface area contributed by atoms with E-state index in [0.717, 1.165) is 22.1 Å². The van der Waals surface area contributed by atoms with Crippen LogP contribution in [0, 0.1) is 20.8 Å². The molecule has 1 aromatic heterocycles. The van der Waals surface area contributed by atoms with Crippen molar-refractivity contribution in [3.8, 4) is 5.69 Å². The molecule has 0 saturated carbocycles. The third kappa shape index (κ3) is 4.12.